The molecular formula is C14H19ClN4. The van der Waals surface area contributed by atoms with Gasteiger partial charge in [0.05, 0.1) is 0 Å². The fraction of sp³-hybridized carbons (Fsp3) is 0.357. The van der Waals surface area contributed by atoms with Crippen LogP contribution in [0.2, 0.25) is 5.02 Å². The molecule has 1 aromatic carbocycles. The van der Waals surface area contributed by atoms with Gasteiger partial charge in [0.2, 0.25) is 0 Å². The minimum atomic E-state index is 0.515. The average Bonchev–Trinajstić information content (AvgIpc) is 2.79. The molecule has 0 aliphatic carbocycles. The maximum absolute atomic E-state index is 5.97. The van der Waals surface area contributed by atoms with Gasteiger partial charge in [-0.15, -0.1) is 0 Å². The van der Waals surface area contributed by atoms with Crippen LogP contribution in [0.5, 0.6) is 0 Å². The molecule has 2 aromatic rings. The van der Waals surface area contributed by atoms with Gasteiger partial charge in [-0.2, -0.15) is 0 Å². The van der Waals surface area contributed by atoms with E-state index in [0.717, 1.165) is 36.5 Å². The predicted octanol–water partition coefficient (Wildman–Crippen LogP) is 2.61. The first-order valence-electron chi connectivity index (χ1n) is 6.49. The summed E-state index contributed by atoms with van der Waals surface area (Å²) < 4.78 is 2.17. The minimum absolute atomic E-state index is 0.515. The third kappa shape index (κ3) is 3.64. The number of rotatable bonds is 5. The van der Waals surface area contributed by atoms with Crippen LogP contribution in [0, 0.1) is 0 Å². The van der Waals surface area contributed by atoms with Crippen LogP contribution in [0.25, 0.3) is 10.9 Å². The second kappa shape index (κ2) is 6.48. The molecule has 0 unspecified atom stereocenters. The number of aliphatic imine (C=N–C) groups is 1. The SMILES string of the molecule is CCCN=C(N)NCCn1ccc2cc(Cl)ccc21. The molecule has 0 atom stereocenters. The molecule has 3 N–H and O–H groups in total. The van der Waals surface area contributed by atoms with Gasteiger partial charge in [0.15, 0.2) is 5.96 Å². The third-order valence-electron chi connectivity index (χ3n) is 2.90. The zero-order valence-electron chi connectivity index (χ0n) is 11.1. The van der Waals surface area contributed by atoms with Crippen LogP contribution in [-0.2, 0) is 6.54 Å². The Bertz CT molecular complexity index is 574. The lowest BCUT2D eigenvalue weighted by Crippen LogP contribution is -2.34. The van der Waals surface area contributed by atoms with Crippen LogP contribution in [0.15, 0.2) is 35.5 Å². The second-order valence-corrected chi connectivity index (χ2v) is 4.84. The molecular weight excluding hydrogens is 260 g/mol. The standard InChI is InChI=1S/C14H19ClN4/c1-2-6-17-14(16)18-7-9-19-8-5-11-10-12(15)3-4-13(11)19/h3-5,8,10H,2,6-7,9H2,1H3,(H3,16,17,18). The zero-order chi connectivity index (χ0) is 13.7. The number of halogens is 1. The van der Waals surface area contributed by atoms with E-state index in [2.05, 4.69) is 34.1 Å². The van der Waals surface area contributed by atoms with Crippen molar-refractivity contribution < 1.29 is 0 Å². The van der Waals surface area contributed by atoms with Crippen LogP contribution in [0.4, 0.5) is 0 Å². The first-order valence-corrected chi connectivity index (χ1v) is 6.86. The number of fused-ring (bicyclic) bond motifs is 1. The molecule has 4 nitrogen and oxygen atoms in total. The largest absolute Gasteiger partial charge is 0.370 e. The van der Waals surface area contributed by atoms with Crippen molar-refractivity contribution in [3.8, 4) is 0 Å². The van der Waals surface area contributed by atoms with Gasteiger partial charge >= 0.3 is 0 Å². The Morgan fingerprint density at radius 1 is 1.42 bits per heavy atom. The molecule has 0 saturated carbocycles. The average molecular weight is 279 g/mol. The van der Waals surface area contributed by atoms with E-state index in [1.807, 2.05) is 18.2 Å². The lowest BCUT2D eigenvalue weighted by molar-refractivity contribution is 0.691. The summed E-state index contributed by atoms with van der Waals surface area (Å²) in [5.41, 5.74) is 6.92. The van der Waals surface area contributed by atoms with E-state index < -0.39 is 0 Å². The lowest BCUT2D eigenvalue weighted by atomic mass is 10.2. The molecule has 19 heavy (non-hydrogen) atoms. The van der Waals surface area contributed by atoms with Crippen molar-refractivity contribution in [1.29, 1.82) is 0 Å². The maximum Gasteiger partial charge on any atom is 0.188 e. The van der Waals surface area contributed by atoms with Crippen molar-refractivity contribution in [1.82, 2.24) is 9.88 Å². The van der Waals surface area contributed by atoms with E-state index in [1.165, 1.54) is 5.52 Å². The fourth-order valence-corrected chi connectivity index (χ4v) is 2.14. The van der Waals surface area contributed by atoms with Gasteiger partial charge in [-0.3, -0.25) is 4.99 Å². The Kier molecular flexibility index (Phi) is 4.68. The predicted molar refractivity (Wildman–Crippen MR) is 81.7 cm³/mol. The van der Waals surface area contributed by atoms with Gasteiger partial charge in [-0.25, -0.2) is 0 Å². The highest BCUT2D eigenvalue weighted by molar-refractivity contribution is 6.31. The van der Waals surface area contributed by atoms with E-state index in [4.69, 9.17) is 17.3 Å². The number of nitrogens with zero attached hydrogens (tertiary/aromatic N) is 2. The molecule has 1 aromatic heterocycles. The van der Waals surface area contributed by atoms with E-state index >= 15 is 0 Å². The topological polar surface area (TPSA) is 55.3 Å². The Balaban J connectivity index is 1.95. The summed E-state index contributed by atoms with van der Waals surface area (Å²) in [5.74, 6) is 0.515. The van der Waals surface area contributed by atoms with Gasteiger partial charge in [0.25, 0.3) is 0 Å². The molecule has 0 bridgehead atoms. The van der Waals surface area contributed by atoms with Crippen molar-refractivity contribution >= 4 is 28.5 Å². The van der Waals surface area contributed by atoms with Crippen LogP contribution >= 0.6 is 11.6 Å². The zero-order valence-corrected chi connectivity index (χ0v) is 11.8. The van der Waals surface area contributed by atoms with Gasteiger partial charge in [-0.1, -0.05) is 18.5 Å². The molecule has 0 fully saturated rings. The number of nitrogens with two attached hydrogens (primary N) is 1. The normalized spacial score (nSPS) is 12.0. The van der Waals surface area contributed by atoms with Crippen LogP contribution in [0.1, 0.15) is 13.3 Å². The number of aromatic nitrogens is 1. The van der Waals surface area contributed by atoms with Crippen LogP contribution in [0.3, 0.4) is 0 Å². The molecule has 0 aliphatic rings. The van der Waals surface area contributed by atoms with Crippen molar-refractivity contribution in [3.05, 3.63) is 35.5 Å². The molecule has 2 rings (SSSR count). The number of hydrogen-bond donors (Lipinski definition) is 2. The quantitative estimate of drug-likeness (QED) is 0.652. The van der Waals surface area contributed by atoms with Crippen LogP contribution in [-0.4, -0.2) is 23.6 Å². The van der Waals surface area contributed by atoms with E-state index in [9.17, 15) is 0 Å². The third-order valence-corrected chi connectivity index (χ3v) is 3.13. The van der Waals surface area contributed by atoms with E-state index in [1.54, 1.807) is 0 Å². The number of benzene rings is 1. The highest BCUT2D eigenvalue weighted by Gasteiger charge is 2.01. The maximum atomic E-state index is 5.97. The number of nitrogens with one attached hydrogen (secondary N) is 1. The summed E-state index contributed by atoms with van der Waals surface area (Å²) in [6.45, 7) is 4.44. The Hall–Kier alpha value is -1.68. The Morgan fingerprint density at radius 3 is 3.05 bits per heavy atom. The molecule has 1 heterocycles. The molecule has 0 amide bonds. The highest BCUT2D eigenvalue weighted by atomic mass is 35.5. The summed E-state index contributed by atoms with van der Waals surface area (Å²) in [4.78, 5) is 4.19. The van der Waals surface area contributed by atoms with Crippen molar-refractivity contribution in [2.24, 2.45) is 10.7 Å². The Morgan fingerprint density at radius 2 is 2.26 bits per heavy atom. The highest BCUT2D eigenvalue weighted by Crippen LogP contribution is 2.20. The number of hydrogen-bond acceptors (Lipinski definition) is 1. The molecule has 5 heteroatoms. The van der Waals surface area contributed by atoms with Crippen molar-refractivity contribution in [3.63, 3.8) is 0 Å². The molecule has 102 valence electrons. The van der Waals surface area contributed by atoms with E-state index in [0.29, 0.717) is 5.96 Å². The fourth-order valence-electron chi connectivity index (χ4n) is 1.96. The summed E-state index contributed by atoms with van der Waals surface area (Å²) in [5, 5.41) is 5.03. The van der Waals surface area contributed by atoms with E-state index in [-0.39, 0.29) is 0 Å². The summed E-state index contributed by atoms with van der Waals surface area (Å²) >= 11 is 5.97. The smallest absolute Gasteiger partial charge is 0.188 e. The first-order chi connectivity index (χ1) is 9.20. The monoisotopic (exact) mass is 278 g/mol. The van der Waals surface area contributed by atoms with Gasteiger partial charge in [0, 0.05) is 41.8 Å². The van der Waals surface area contributed by atoms with Crippen LogP contribution < -0.4 is 11.1 Å². The van der Waals surface area contributed by atoms with Gasteiger partial charge < -0.3 is 15.6 Å². The minimum Gasteiger partial charge on any atom is -0.370 e. The first kappa shape index (κ1) is 13.7. The second-order valence-electron chi connectivity index (χ2n) is 4.41. The number of guanidine groups is 1. The van der Waals surface area contributed by atoms with Crippen molar-refractivity contribution in [2.45, 2.75) is 19.9 Å². The Labute approximate surface area is 118 Å². The van der Waals surface area contributed by atoms with Gasteiger partial charge in [0.1, 0.15) is 0 Å². The molecule has 0 aliphatic heterocycles. The molecule has 0 radical (unpaired) electrons. The summed E-state index contributed by atoms with van der Waals surface area (Å²) in [7, 11) is 0. The molecule has 0 saturated heterocycles. The van der Waals surface area contributed by atoms with Crippen molar-refractivity contribution in [2.75, 3.05) is 13.1 Å². The lowest BCUT2D eigenvalue weighted by Gasteiger charge is -2.08. The summed E-state index contributed by atoms with van der Waals surface area (Å²) in [6, 6.07) is 7.98. The summed E-state index contributed by atoms with van der Waals surface area (Å²) in [6.07, 6.45) is 3.06. The van der Waals surface area contributed by atoms with Gasteiger partial charge in [-0.05, 0) is 30.7 Å². The molecule has 0 spiro atoms.